The van der Waals surface area contributed by atoms with E-state index >= 15 is 0 Å². The van der Waals surface area contributed by atoms with Crippen LogP contribution in [0.5, 0.6) is 0 Å². The standard InChI is InChI=1S/C8H8BrNOS/c9-6-2-1-3-7(4-6)10-8(11)5-12/h1-4,12H,5H2,(H,10,11). The van der Waals surface area contributed by atoms with Gasteiger partial charge in [-0.1, -0.05) is 22.0 Å². The van der Waals surface area contributed by atoms with Gasteiger partial charge in [-0.25, -0.2) is 0 Å². The first-order valence-corrected chi connectivity index (χ1v) is 4.81. The Morgan fingerprint density at radius 1 is 1.58 bits per heavy atom. The van der Waals surface area contributed by atoms with Gasteiger partial charge in [-0.05, 0) is 18.2 Å². The molecule has 1 N–H and O–H groups in total. The molecular weight excluding hydrogens is 238 g/mol. The minimum atomic E-state index is -0.101. The molecule has 0 saturated heterocycles. The molecule has 0 bridgehead atoms. The number of nitrogens with one attached hydrogen (secondary N) is 1. The zero-order chi connectivity index (χ0) is 8.97. The van der Waals surface area contributed by atoms with Crippen LogP contribution in [0.3, 0.4) is 0 Å². The molecule has 4 heteroatoms. The number of benzene rings is 1. The number of rotatable bonds is 2. The van der Waals surface area contributed by atoms with Crippen LogP contribution < -0.4 is 5.32 Å². The minimum Gasteiger partial charge on any atom is -0.325 e. The molecule has 1 amide bonds. The maximum Gasteiger partial charge on any atom is 0.234 e. The minimum absolute atomic E-state index is 0.101. The number of hydrogen-bond donors (Lipinski definition) is 2. The summed E-state index contributed by atoms with van der Waals surface area (Å²) in [4.78, 5) is 10.9. The largest absolute Gasteiger partial charge is 0.325 e. The van der Waals surface area contributed by atoms with Crippen molar-refractivity contribution < 1.29 is 4.79 Å². The van der Waals surface area contributed by atoms with Gasteiger partial charge in [-0.3, -0.25) is 4.79 Å². The average Bonchev–Trinajstić information content (AvgIpc) is 2.04. The van der Waals surface area contributed by atoms with Crippen LogP contribution in [-0.4, -0.2) is 11.7 Å². The summed E-state index contributed by atoms with van der Waals surface area (Å²) in [5, 5.41) is 2.69. The first-order chi connectivity index (χ1) is 5.72. The first kappa shape index (κ1) is 9.61. The lowest BCUT2D eigenvalue weighted by Gasteiger charge is -2.02. The molecule has 2 nitrogen and oxygen atoms in total. The summed E-state index contributed by atoms with van der Waals surface area (Å²) in [6, 6.07) is 7.42. The monoisotopic (exact) mass is 245 g/mol. The normalized spacial score (nSPS) is 9.50. The second kappa shape index (κ2) is 4.52. The van der Waals surface area contributed by atoms with E-state index in [-0.39, 0.29) is 11.7 Å². The summed E-state index contributed by atoms with van der Waals surface area (Å²) < 4.78 is 0.944. The first-order valence-electron chi connectivity index (χ1n) is 3.38. The van der Waals surface area contributed by atoms with Crippen molar-refractivity contribution in [2.75, 3.05) is 11.1 Å². The van der Waals surface area contributed by atoms with Gasteiger partial charge in [-0.15, -0.1) is 0 Å². The zero-order valence-electron chi connectivity index (χ0n) is 6.25. The van der Waals surface area contributed by atoms with Crippen molar-refractivity contribution in [2.45, 2.75) is 0 Å². The summed E-state index contributed by atoms with van der Waals surface area (Å²) in [7, 11) is 0. The molecule has 0 fully saturated rings. The van der Waals surface area contributed by atoms with Crippen molar-refractivity contribution in [1.82, 2.24) is 0 Å². The van der Waals surface area contributed by atoms with E-state index in [0.29, 0.717) is 0 Å². The van der Waals surface area contributed by atoms with Crippen LogP contribution in [0.2, 0.25) is 0 Å². The van der Waals surface area contributed by atoms with Crippen LogP contribution in [0.1, 0.15) is 0 Å². The fourth-order valence-electron chi connectivity index (χ4n) is 0.767. The highest BCUT2D eigenvalue weighted by Gasteiger charge is 1.98. The highest BCUT2D eigenvalue weighted by Crippen LogP contribution is 2.15. The Hall–Kier alpha value is -0.480. The molecule has 0 heterocycles. The molecular formula is C8H8BrNOS. The van der Waals surface area contributed by atoms with Gasteiger partial charge >= 0.3 is 0 Å². The van der Waals surface area contributed by atoms with Crippen molar-refractivity contribution in [3.8, 4) is 0 Å². The molecule has 0 unspecified atom stereocenters. The highest BCUT2D eigenvalue weighted by molar-refractivity contribution is 9.10. The van der Waals surface area contributed by atoms with Crippen LogP contribution in [0, 0.1) is 0 Å². The molecule has 0 atom stereocenters. The van der Waals surface area contributed by atoms with E-state index in [9.17, 15) is 4.79 Å². The quantitative estimate of drug-likeness (QED) is 0.770. The van der Waals surface area contributed by atoms with Crippen molar-refractivity contribution in [1.29, 1.82) is 0 Å². The maximum atomic E-state index is 10.9. The lowest BCUT2D eigenvalue weighted by Crippen LogP contribution is -2.12. The average molecular weight is 246 g/mol. The molecule has 0 aliphatic carbocycles. The summed E-state index contributed by atoms with van der Waals surface area (Å²) in [6.45, 7) is 0. The van der Waals surface area contributed by atoms with Crippen molar-refractivity contribution in [3.05, 3.63) is 28.7 Å². The van der Waals surface area contributed by atoms with Crippen LogP contribution >= 0.6 is 28.6 Å². The van der Waals surface area contributed by atoms with E-state index in [0.717, 1.165) is 10.2 Å². The van der Waals surface area contributed by atoms with Gasteiger partial charge < -0.3 is 5.32 Å². The van der Waals surface area contributed by atoms with E-state index in [1.807, 2.05) is 24.3 Å². The topological polar surface area (TPSA) is 29.1 Å². The van der Waals surface area contributed by atoms with Gasteiger partial charge in [0.2, 0.25) is 5.91 Å². The lowest BCUT2D eigenvalue weighted by atomic mass is 10.3. The van der Waals surface area contributed by atoms with E-state index < -0.39 is 0 Å². The molecule has 1 aromatic carbocycles. The molecule has 12 heavy (non-hydrogen) atoms. The zero-order valence-corrected chi connectivity index (χ0v) is 8.73. The molecule has 64 valence electrons. The predicted octanol–water partition coefficient (Wildman–Crippen LogP) is 2.32. The Morgan fingerprint density at radius 2 is 2.33 bits per heavy atom. The van der Waals surface area contributed by atoms with Crippen LogP contribution in [0.4, 0.5) is 5.69 Å². The van der Waals surface area contributed by atoms with Crippen LogP contribution in [0.25, 0.3) is 0 Å². The van der Waals surface area contributed by atoms with Crippen molar-refractivity contribution in [3.63, 3.8) is 0 Å². The Kier molecular flexibility index (Phi) is 3.62. The number of halogens is 1. The third kappa shape index (κ3) is 2.87. The summed E-state index contributed by atoms with van der Waals surface area (Å²) in [6.07, 6.45) is 0. The Morgan fingerprint density at radius 3 is 2.92 bits per heavy atom. The fourth-order valence-corrected chi connectivity index (χ4v) is 1.25. The second-order valence-corrected chi connectivity index (χ2v) is 3.45. The van der Waals surface area contributed by atoms with Gasteiger partial charge in [0, 0.05) is 10.2 Å². The number of thiol groups is 1. The van der Waals surface area contributed by atoms with E-state index in [1.165, 1.54) is 0 Å². The molecule has 1 rings (SSSR count). The third-order valence-corrected chi connectivity index (χ3v) is 2.03. The fraction of sp³-hybridized carbons (Fsp3) is 0.125. The molecule has 0 spiro atoms. The Bertz CT molecular complexity index is 290. The maximum absolute atomic E-state index is 10.9. The Balaban J connectivity index is 2.69. The van der Waals surface area contributed by atoms with Gasteiger partial charge in [0.1, 0.15) is 0 Å². The number of hydrogen-bond acceptors (Lipinski definition) is 2. The number of carbonyl (C=O) groups is 1. The lowest BCUT2D eigenvalue weighted by molar-refractivity contribution is -0.113. The highest BCUT2D eigenvalue weighted by atomic mass is 79.9. The number of amides is 1. The van der Waals surface area contributed by atoms with Gasteiger partial charge in [-0.2, -0.15) is 12.6 Å². The molecule has 0 saturated carbocycles. The Labute approximate surface area is 84.9 Å². The summed E-state index contributed by atoms with van der Waals surface area (Å²) in [5.41, 5.74) is 0.781. The number of carbonyl (C=O) groups excluding carboxylic acids is 1. The third-order valence-electron chi connectivity index (χ3n) is 1.25. The molecule has 0 radical (unpaired) electrons. The van der Waals surface area contributed by atoms with E-state index in [2.05, 4.69) is 33.9 Å². The molecule has 0 aromatic heterocycles. The predicted molar refractivity (Wildman–Crippen MR) is 56.6 cm³/mol. The smallest absolute Gasteiger partial charge is 0.234 e. The number of anilines is 1. The molecule has 0 aliphatic rings. The van der Waals surface area contributed by atoms with Crippen LogP contribution in [0.15, 0.2) is 28.7 Å². The SMILES string of the molecule is O=C(CS)Nc1cccc(Br)c1. The molecule has 1 aromatic rings. The summed E-state index contributed by atoms with van der Waals surface area (Å²) in [5.74, 6) is 0.100. The van der Waals surface area contributed by atoms with Gasteiger partial charge in [0.05, 0.1) is 5.75 Å². The van der Waals surface area contributed by atoms with Gasteiger partial charge in [0.15, 0.2) is 0 Å². The van der Waals surface area contributed by atoms with Gasteiger partial charge in [0.25, 0.3) is 0 Å². The van der Waals surface area contributed by atoms with Crippen molar-refractivity contribution >= 4 is 40.2 Å². The summed E-state index contributed by atoms with van der Waals surface area (Å²) >= 11 is 7.15. The second-order valence-electron chi connectivity index (χ2n) is 2.22. The molecule has 0 aliphatic heterocycles. The van der Waals surface area contributed by atoms with E-state index in [4.69, 9.17) is 0 Å². The van der Waals surface area contributed by atoms with E-state index in [1.54, 1.807) is 0 Å². The van der Waals surface area contributed by atoms with Crippen molar-refractivity contribution in [2.24, 2.45) is 0 Å². The van der Waals surface area contributed by atoms with Crippen LogP contribution in [-0.2, 0) is 4.79 Å².